The van der Waals surface area contributed by atoms with Gasteiger partial charge in [-0.3, -0.25) is 4.79 Å². The molecule has 0 aromatic heterocycles. The molecule has 0 aliphatic heterocycles. The zero-order chi connectivity index (χ0) is 14.0. The average Bonchev–Trinajstić information content (AvgIpc) is 2.31. The van der Waals surface area contributed by atoms with Crippen molar-refractivity contribution in [1.82, 2.24) is 0 Å². The van der Waals surface area contributed by atoms with Crippen molar-refractivity contribution < 1.29 is 9.18 Å². The maximum atomic E-state index is 13.2. The van der Waals surface area contributed by atoms with Crippen LogP contribution in [-0.2, 0) is 0 Å². The van der Waals surface area contributed by atoms with Gasteiger partial charge in [-0.1, -0.05) is 0 Å². The van der Waals surface area contributed by atoms with Crippen molar-refractivity contribution in [3.05, 3.63) is 57.8 Å². The number of carbonyl (C=O) groups is 1. The van der Waals surface area contributed by atoms with Crippen molar-refractivity contribution >= 4 is 33.2 Å². The summed E-state index contributed by atoms with van der Waals surface area (Å²) in [7, 11) is 0. The lowest BCUT2D eigenvalue weighted by molar-refractivity contribution is 0.102. The molecule has 0 radical (unpaired) electrons. The van der Waals surface area contributed by atoms with Crippen LogP contribution in [0, 0.1) is 12.7 Å². The Bertz CT molecular complexity index is 623. The molecule has 98 valence electrons. The van der Waals surface area contributed by atoms with Crippen LogP contribution in [0.4, 0.5) is 15.8 Å². The van der Waals surface area contributed by atoms with E-state index in [0.29, 0.717) is 16.9 Å². The lowest BCUT2D eigenvalue weighted by atomic mass is 10.1. The van der Waals surface area contributed by atoms with E-state index in [1.807, 2.05) is 0 Å². The summed E-state index contributed by atoms with van der Waals surface area (Å²) in [6.07, 6.45) is 0. The van der Waals surface area contributed by atoms with Crippen LogP contribution < -0.4 is 11.1 Å². The number of rotatable bonds is 2. The van der Waals surface area contributed by atoms with Gasteiger partial charge in [0.2, 0.25) is 0 Å². The summed E-state index contributed by atoms with van der Waals surface area (Å²) < 4.78 is 13.9. The van der Waals surface area contributed by atoms with E-state index < -0.39 is 0 Å². The molecule has 2 rings (SSSR count). The Kier molecular flexibility index (Phi) is 3.85. The van der Waals surface area contributed by atoms with Gasteiger partial charge < -0.3 is 11.1 Å². The van der Waals surface area contributed by atoms with Crippen LogP contribution in [0.25, 0.3) is 0 Å². The van der Waals surface area contributed by atoms with Gasteiger partial charge in [0.25, 0.3) is 5.91 Å². The molecule has 5 heteroatoms. The van der Waals surface area contributed by atoms with E-state index in [9.17, 15) is 9.18 Å². The SMILES string of the molecule is Cc1cc(F)cc(NC(=O)c2ccc(Br)c(N)c2)c1. The van der Waals surface area contributed by atoms with Crippen molar-refractivity contribution in [2.24, 2.45) is 0 Å². The van der Waals surface area contributed by atoms with E-state index in [1.165, 1.54) is 12.1 Å². The maximum Gasteiger partial charge on any atom is 0.255 e. The van der Waals surface area contributed by atoms with Crippen molar-refractivity contribution in [3.63, 3.8) is 0 Å². The van der Waals surface area contributed by atoms with Gasteiger partial charge in [-0.25, -0.2) is 4.39 Å². The number of carbonyl (C=O) groups excluding carboxylic acids is 1. The van der Waals surface area contributed by atoms with Crippen molar-refractivity contribution in [1.29, 1.82) is 0 Å². The molecule has 0 atom stereocenters. The molecule has 3 N–H and O–H groups in total. The number of hydrogen-bond donors (Lipinski definition) is 2. The van der Waals surface area contributed by atoms with Gasteiger partial charge in [-0.15, -0.1) is 0 Å². The van der Waals surface area contributed by atoms with E-state index in [-0.39, 0.29) is 11.7 Å². The number of anilines is 2. The lowest BCUT2D eigenvalue weighted by Gasteiger charge is -2.07. The van der Waals surface area contributed by atoms with Gasteiger partial charge in [0, 0.05) is 21.4 Å². The standard InChI is InChI=1S/C14H12BrFN2O/c1-8-4-10(16)7-11(5-8)18-14(19)9-2-3-12(15)13(17)6-9/h2-7H,17H2,1H3,(H,18,19). The topological polar surface area (TPSA) is 55.1 Å². The fourth-order valence-electron chi connectivity index (χ4n) is 1.70. The molecule has 0 fully saturated rings. The normalized spacial score (nSPS) is 10.3. The van der Waals surface area contributed by atoms with Crippen molar-refractivity contribution in [3.8, 4) is 0 Å². The summed E-state index contributed by atoms with van der Waals surface area (Å²) in [6.45, 7) is 1.76. The molecule has 19 heavy (non-hydrogen) atoms. The molecular formula is C14H12BrFN2O. The smallest absolute Gasteiger partial charge is 0.255 e. The molecule has 0 spiro atoms. The Morgan fingerprint density at radius 2 is 2.00 bits per heavy atom. The fourth-order valence-corrected chi connectivity index (χ4v) is 1.94. The van der Waals surface area contributed by atoms with Crippen LogP contribution in [0.1, 0.15) is 15.9 Å². The predicted octanol–water partition coefficient (Wildman–Crippen LogP) is 3.73. The highest BCUT2D eigenvalue weighted by Gasteiger charge is 2.08. The molecular weight excluding hydrogens is 311 g/mol. The van der Waals surface area contributed by atoms with Gasteiger partial charge in [-0.2, -0.15) is 0 Å². The highest BCUT2D eigenvalue weighted by molar-refractivity contribution is 9.10. The van der Waals surface area contributed by atoms with Crippen LogP contribution in [0.5, 0.6) is 0 Å². The number of nitrogens with two attached hydrogens (primary N) is 1. The molecule has 0 unspecified atom stereocenters. The van der Waals surface area contributed by atoms with E-state index in [4.69, 9.17) is 5.73 Å². The highest BCUT2D eigenvalue weighted by atomic mass is 79.9. The first-order valence-electron chi connectivity index (χ1n) is 5.59. The molecule has 2 aromatic rings. The largest absolute Gasteiger partial charge is 0.398 e. The fraction of sp³-hybridized carbons (Fsp3) is 0.0714. The van der Waals surface area contributed by atoms with Gasteiger partial charge >= 0.3 is 0 Å². The number of halogens is 2. The molecule has 3 nitrogen and oxygen atoms in total. The Balaban J connectivity index is 2.22. The lowest BCUT2D eigenvalue weighted by Crippen LogP contribution is -2.12. The Labute approximate surface area is 118 Å². The third-order valence-corrected chi connectivity index (χ3v) is 3.28. The second-order valence-corrected chi connectivity index (χ2v) is 5.06. The van der Waals surface area contributed by atoms with Crippen LogP contribution in [0.3, 0.4) is 0 Å². The van der Waals surface area contributed by atoms with E-state index >= 15 is 0 Å². The second kappa shape index (κ2) is 5.40. The average molecular weight is 323 g/mol. The molecule has 1 amide bonds. The Hall–Kier alpha value is -1.88. The van der Waals surface area contributed by atoms with Crippen LogP contribution in [-0.4, -0.2) is 5.91 Å². The zero-order valence-corrected chi connectivity index (χ0v) is 11.8. The number of aryl methyl sites for hydroxylation is 1. The summed E-state index contributed by atoms with van der Waals surface area (Å²) in [5, 5.41) is 2.64. The monoisotopic (exact) mass is 322 g/mol. The van der Waals surface area contributed by atoms with Crippen LogP contribution >= 0.6 is 15.9 Å². The minimum absolute atomic E-state index is 0.329. The summed E-state index contributed by atoms with van der Waals surface area (Å²) in [6, 6.07) is 9.26. The molecule has 0 saturated carbocycles. The third-order valence-electron chi connectivity index (χ3n) is 2.56. The molecule has 0 aliphatic rings. The maximum absolute atomic E-state index is 13.2. The van der Waals surface area contributed by atoms with Gasteiger partial charge in [0.1, 0.15) is 5.82 Å². The second-order valence-electron chi connectivity index (χ2n) is 4.21. The predicted molar refractivity (Wildman–Crippen MR) is 77.6 cm³/mol. The molecule has 0 heterocycles. The molecule has 2 aromatic carbocycles. The van der Waals surface area contributed by atoms with Gasteiger partial charge in [0.15, 0.2) is 0 Å². The first-order chi connectivity index (χ1) is 8.95. The van der Waals surface area contributed by atoms with Gasteiger partial charge in [-0.05, 0) is 64.8 Å². The quantitative estimate of drug-likeness (QED) is 0.828. The van der Waals surface area contributed by atoms with Gasteiger partial charge in [0.05, 0.1) is 0 Å². The minimum Gasteiger partial charge on any atom is -0.398 e. The Morgan fingerprint density at radius 3 is 2.63 bits per heavy atom. The number of nitrogen functional groups attached to an aromatic ring is 1. The number of amides is 1. The number of benzene rings is 2. The zero-order valence-electron chi connectivity index (χ0n) is 10.2. The minimum atomic E-state index is -0.384. The first kappa shape index (κ1) is 13.5. The number of nitrogens with one attached hydrogen (secondary N) is 1. The van der Waals surface area contributed by atoms with Crippen LogP contribution in [0.15, 0.2) is 40.9 Å². The van der Waals surface area contributed by atoms with E-state index in [1.54, 1.807) is 31.2 Å². The van der Waals surface area contributed by atoms with E-state index in [0.717, 1.165) is 10.0 Å². The summed E-state index contributed by atoms with van der Waals surface area (Å²) in [5.74, 6) is -0.713. The highest BCUT2D eigenvalue weighted by Crippen LogP contribution is 2.21. The summed E-state index contributed by atoms with van der Waals surface area (Å²) >= 11 is 3.26. The van der Waals surface area contributed by atoms with Crippen LogP contribution in [0.2, 0.25) is 0 Å². The molecule has 0 bridgehead atoms. The number of hydrogen-bond acceptors (Lipinski definition) is 2. The first-order valence-corrected chi connectivity index (χ1v) is 6.38. The Morgan fingerprint density at radius 1 is 1.26 bits per heavy atom. The molecule has 0 saturated heterocycles. The van der Waals surface area contributed by atoms with Crippen molar-refractivity contribution in [2.75, 3.05) is 11.1 Å². The molecule has 0 aliphatic carbocycles. The van der Waals surface area contributed by atoms with E-state index in [2.05, 4.69) is 21.2 Å². The summed E-state index contributed by atoms with van der Waals surface area (Å²) in [5.41, 5.74) is 7.77. The third kappa shape index (κ3) is 3.32. The van der Waals surface area contributed by atoms with Crippen molar-refractivity contribution in [2.45, 2.75) is 6.92 Å². The summed E-state index contributed by atoms with van der Waals surface area (Å²) in [4.78, 5) is 12.0.